The first-order chi connectivity index (χ1) is 11.0. The summed E-state index contributed by atoms with van der Waals surface area (Å²) >= 11 is 0. The Morgan fingerprint density at radius 3 is 2.91 bits per heavy atom. The zero-order valence-electron chi connectivity index (χ0n) is 12.9. The van der Waals surface area contributed by atoms with Crippen LogP contribution >= 0.6 is 0 Å². The third-order valence-electron chi connectivity index (χ3n) is 4.31. The normalized spacial score (nSPS) is 29.9. The molecule has 0 unspecified atom stereocenters. The van der Waals surface area contributed by atoms with Crippen molar-refractivity contribution in [2.75, 3.05) is 13.2 Å². The molecule has 4 rings (SSSR count). The number of aromatic nitrogens is 3. The summed E-state index contributed by atoms with van der Waals surface area (Å²) in [5.74, 6) is -0.299. The molecule has 2 aliphatic heterocycles. The smallest absolute Gasteiger partial charge is 0.272 e. The average Bonchev–Trinajstić information content (AvgIpc) is 3.17. The van der Waals surface area contributed by atoms with Crippen molar-refractivity contribution >= 4 is 11.6 Å². The molecule has 0 saturated carbocycles. The van der Waals surface area contributed by atoms with Crippen molar-refractivity contribution in [1.82, 2.24) is 19.9 Å². The first-order valence-corrected chi connectivity index (χ1v) is 7.59. The maximum atomic E-state index is 12.4. The fraction of sp³-hybridized carbons (Fsp3) is 0.533. The summed E-state index contributed by atoms with van der Waals surface area (Å²) in [5.41, 5.74) is 2.73. The van der Waals surface area contributed by atoms with Crippen molar-refractivity contribution in [1.29, 1.82) is 0 Å². The quantitative estimate of drug-likeness (QED) is 0.782. The Morgan fingerprint density at radius 1 is 1.30 bits per heavy atom. The Morgan fingerprint density at radius 2 is 2.09 bits per heavy atom. The van der Waals surface area contributed by atoms with Gasteiger partial charge in [0.15, 0.2) is 11.3 Å². The van der Waals surface area contributed by atoms with Crippen LogP contribution in [0.1, 0.15) is 21.9 Å². The first-order valence-electron chi connectivity index (χ1n) is 7.59. The number of ether oxygens (including phenoxy) is 2. The van der Waals surface area contributed by atoms with Crippen LogP contribution in [0.2, 0.25) is 0 Å². The molecule has 0 aromatic carbocycles. The highest BCUT2D eigenvalue weighted by Crippen LogP contribution is 2.27. The highest BCUT2D eigenvalue weighted by atomic mass is 16.6. The number of hydrogen-bond donors (Lipinski definition) is 2. The van der Waals surface area contributed by atoms with Gasteiger partial charge in [0, 0.05) is 17.5 Å². The van der Waals surface area contributed by atoms with E-state index in [4.69, 9.17) is 9.47 Å². The van der Waals surface area contributed by atoms with Crippen LogP contribution in [0.15, 0.2) is 12.1 Å². The minimum Gasteiger partial charge on any atom is -0.388 e. The number of hydrogen-bond acceptors (Lipinski definition) is 6. The van der Waals surface area contributed by atoms with E-state index in [2.05, 4.69) is 15.4 Å². The third kappa shape index (κ3) is 2.39. The lowest BCUT2D eigenvalue weighted by atomic mass is 10.1. The molecule has 122 valence electrons. The Labute approximate surface area is 132 Å². The highest BCUT2D eigenvalue weighted by molar-refractivity contribution is 5.93. The van der Waals surface area contributed by atoms with Crippen LogP contribution in [0, 0.1) is 13.8 Å². The summed E-state index contributed by atoms with van der Waals surface area (Å²) in [7, 11) is 0. The molecule has 8 nitrogen and oxygen atoms in total. The second kappa shape index (κ2) is 5.26. The number of aryl methyl sites for hydroxylation is 2. The fourth-order valence-corrected chi connectivity index (χ4v) is 3.24. The van der Waals surface area contributed by atoms with Crippen LogP contribution in [-0.2, 0) is 9.47 Å². The molecule has 2 aliphatic rings. The number of carbonyl (C=O) groups is 1. The molecule has 2 saturated heterocycles. The predicted octanol–water partition coefficient (Wildman–Crippen LogP) is -0.397. The van der Waals surface area contributed by atoms with Gasteiger partial charge in [0.05, 0.1) is 19.3 Å². The van der Waals surface area contributed by atoms with Crippen LogP contribution in [0.4, 0.5) is 0 Å². The van der Waals surface area contributed by atoms with E-state index in [-0.39, 0.29) is 30.8 Å². The fourth-order valence-electron chi connectivity index (χ4n) is 3.24. The SMILES string of the molecule is Cc1cc(C)n2nc(C(=O)N[C@H]3CO[C@H]4[C@@H]3OC[C@H]4O)cc2n1. The van der Waals surface area contributed by atoms with Crippen molar-refractivity contribution < 1.29 is 19.4 Å². The molecule has 1 amide bonds. The van der Waals surface area contributed by atoms with Crippen LogP contribution in [0.25, 0.3) is 5.65 Å². The number of rotatable bonds is 2. The summed E-state index contributed by atoms with van der Waals surface area (Å²) in [6, 6.07) is 3.28. The summed E-state index contributed by atoms with van der Waals surface area (Å²) in [5, 5.41) is 16.9. The standard InChI is InChI=1S/C15H18N4O4/c1-7-3-8(2)19-12(16-7)4-9(18-19)15(21)17-10-5-22-14-11(20)6-23-13(10)14/h3-4,10-11,13-14,20H,5-6H2,1-2H3,(H,17,21)/t10-,11+,13+,14+/m0/s1. The number of nitrogens with one attached hydrogen (secondary N) is 1. The van der Waals surface area contributed by atoms with Gasteiger partial charge in [-0.1, -0.05) is 0 Å². The van der Waals surface area contributed by atoms with E-state index in [0.717, 1.165) is 11.4 Å². The van der Waals surface area contributed by atoms with Gasteiger partial charge in [-0.05, 0) is 19.9 Å². The maximum absolute atomic E-state index is 12.4. The van der Waals surface area contributed by atoms with Crippen molar-refractivity contribution in [3.05, 3.63) is 29.2 Å². The lowest BCUT2D eigenvalue weighted by Gasteiger charge is -2.16. The molecule has 0 bridgehead atoms. The number of aliphatic hydroxyl groups is 1. The van der Waals surface area contributed by atoms with Crippen molar-refractivity contribution in [3.63, 3.8) is 0 Å². The molecule has 23 heavy (non-hydrogen) atoms. The van der Waals surface area contributed by atoms with Gasteiger partial charge in [-0.15, -0.1) is 0 Å². The minimum absolute atomic E-state index is 0.235. The van der Waals surface area contributed by atoms with E-state index < -0.39 is 6.10 Å². The van der Waals surface area contributed by atoms with Gasteiger partial charge in [0.25, 0.3) is 5.91 Å². The predicted molar refractivity (Wildman–Crippen MR) is 79.2 cm³/mol. The second-order valence-corrected chi connectivity index (χ2v) is 6.08. The molecule has 4 atom stereocenters. The number of carbonyl (C=O) groups excluding carboxylic acids is 1. The lowest BCUT2D eigenvalue weighted by Crippen LogP contribution is -2.44. The topological polar surface area (TPSA) is 98.0 Å². The largest absolute Gasteiger partial charge is 0.388 e. The molecular formula is C15H18N4O4. The van der Waals surface area contributed by atoms with E-state index in [0.29, 0.717) is 17.9 Å². The minimum atomic E-state index is -0.632. The summed E-state index contributed by atoms with van der Waals surface area (Å²) in [6.45, 7) is 4.37. The molecular weight excluding hydrogens is 300 g/mol. The van der Waals surface area contributed by atoms with Crippen molar-refractivity contribution in [3.8, 4) is 0 Å². The van der Waals surface area contributed by atoms with Gasteiger partial charge in [0.2, 0.25) is 0 Å². The number of fused-ring (bicyclic) bond motifs is 2. The number of aliphatic hydroxyl groups excluding tert-OH is 1. The van der Waals surface area contributed by atoms with E-state index in [9.17, 15) is 9.90 Å². The third-order valence-corrected chi connectivity index (χ3v) is 4.31. The zero-order valence-corrected chi connectivity index (χ0v) is 12.9. The summed E-state index contributed by atoms with van der Waals surface area (Å²) in [4.78, 5) is 16.8. The van der Waals surface area contributed by atoms with E-state index >= 15 is 0 Å². The lowest BCUT2D eigenvalue weighted by molar-refractivity contribution is 0.0178. The number of amides is 1. The molecule has 2 aromatic rings. The van der Waals surface area contributed by atoms with Gasteiger partial charge in [-0.2, -0.15) is 5.10 Å². The van der Waals surface area contributed by atoms with Gasteiger partial charge in [0.1, 0.15) is 18.3 Å². The van der Waals surface area contributed by atoms with Crippen LogP contribution in [0.3, 0.4) is 0 Å². The monoisotopic (exact) mass is 318 g/mol. The molecule has 0 aliphatic carbocycles. The molecule has 2 fully saturated rings. The summed E-state index contributed by atoms with van der Waals surface area (Å²) < 4.78 is 12.7. The van der Waals surface area contributed by atoms with E-state index in [1.165, 1.54) is 0 Å². The van der Waals surface area contributed by atoms with Crippen LogP contribution < -0.4 is 5.32 Å². The Kier molecular flexibility index (Phi) is 3.33. The maximum Gasteiger partial charge on any atom is 0.272 e. The van der Waals surface area contributed by atoms with Crippen molar-refractivity contribution in [2.24, 2.45) is 0 Å². The molecule has 8 heteroatoms. The van der Waals surface area contributed by atoms with Crippen molar-refractivity contribution in [2.45, 2.75) is 38.2 Å². The van der Waals surface area contributed by atoms with Gasteiger partial charge < -0.3 is 19.9 Å². The first kappa shape index (κ1) is 14.6. The molecule has 0 radical (unpaired) electrons. The van der Waals surface area contributed by atoms with E-state index in [1.807, 2.05) is 19.9 Å². The van der Waals surface area contributed by atoms with Gasteiger partial charge >= 0.3 is 0 Å². The molecule has 2 aromatic heterocycles. The zero-order chi connectivity index (χ0) is 16.1. The van der Waals surface area contributed by atoms with Gasteiger partial charge in [-0.25, -0.2) is 9.50 Å². The second-order valence-electron chi connectivity index (χ2n) is 6.08. The Bertz CT molecular complexity index is 774. The van der Waals surface area contributed by atoms with E-state index in [1.54, 1.807) is 10.6 Å². The average molecular weight is 318 g/mol. The number of nitrogens with zero attached hydrogens (tertiary/aromatic N) is 3. The van der Waals surface area contributed by atoms with Crippen LogP contribution in [-0.4, -0.2) is 63.2 Å². The van der Waals surface area contributed by atoms with Gasteiger partial charge in [-0.3, -0.25) is 4.79 Å². The Balaban J connectivity index is 1.55. The molecule has 0 spiro atoms. The summed E-state index contributed by atoms with van der Waals surface area (Å²) in [6.07, 6.45) is -1.31. The highest BCUT2D eigenvalue weighted by Gasteiger charge is 2.47. The molecule has 2 N–H and O–H groups in total. The van der Waals surface area contributed by atoms with Crippen LogP contribution in [0.5, 0.6) is 0 Å². The Hall–Kier alpha value is -2.03. The molecule has 4 heterocycles.